The summed E-state index contributed by atoms with van der Waals surface area (Å²) in [6.07, 6.45) is 0.854. The summed E-state index contributed by atoms with van der Waals surface area (Å²) >= 11 is 0. The Hall–Kier alpha value is -2.52. The molecule has 0 unspecified atom stereocenters. The molecule has 0 saturated heterocycles. The molecule has 0 spiro atoms. The summed E-state index contributed by atoms with van der Waals surface area (Å²) in [5.74, 6) is -2.48. The first-order chi connectivity index (χ1) is 7.97. The number of nitrogens with zero attached hydrogens (tertiary/aromatic N) is 4. The molecule has 92 valence electrons. The van der Waals surface area contributed by atoms with Gasteiger partial charge in [0.25, 0.3) is 6.33 Å². The Kier molecular flexibility index (Phi) is 3.70. The van der Waals surface area contributed by atoms with Crippen LogP contribution in [-0.2, 0) is 16.1 Å². The Balaban J connectivity index is 3.04. The number of hydrogen-bond donors (Lipinski definition) is 0. The molecule has 0 N–H and O–H groups in total. The second kappa shape index (κ2) is 5.01. The second-order valence-electron chi connectivity index (χ2n) is 2.84. The first-order valence-corrected chi connectivity index (χ1v) is 4.46. The van der Waals surface area contributed by atoms with E-state index in [9.17, 15) is 25.0 Å². The number of nitro groups is 2. The van der Waals surface area contributed by atoms with Gasteiger partial charge in [-0.1, -0.05) is 0 Å². The van der Waals surface area contributed by atoms with Gasteiger partial charge in [0.05, 0.1) is 6.61 Å². The van der Waals surface area contributed by atoms with Gasteiger partial charge in [0.1, 0.15) is 0 Å². The maximum absolute atomic E-state index is 11.1. The standard InChI is InChI=1S/C7H8N4O6/c1-2-17-5(12)3-9-4-8-6(10(13)14)7(9)11(15)16/h4H,2-3H2,1H3. The quantitative estimate of drug-likeness (QED) is 0.412. The molecular weight excluding hydrogens is 236 g/mol. The fraction of sp³-hybridized carbons (Fsp3) is 0.429. The molecular formula is C7H8N4O6. The zero-order valence-corrected chi connectivity index (χ0v) is 8.73. The molecule has 17 heavy (non-hydrogen) atoms. The van der Waals surface area contributed by atoms with E-state index >= 15 is 0 Å². The molecule has 1 aromatic heterocycles. The summed E-state index contributed by atoms with van der Waals surface area (Å²) in [5, 5.41) is 21.1. The van der Waals surface area contributed by atoms with Crippen LogP contribution in [0.2, 0.25) is 0 Å². The van der Waals surface area contributed by atoms with Crippen LogP contribution in [0.15, 0.2) is 6.33 Å². The summed E-state index contributed by atoms with van der Waals surface area (Å²) < 4.78 is 5.33. The maximum Gasteiger partial charge on any atom is 0.462 e. The van der Waals surface area contributed by atoms with Crippen LogP contribution in [0.3, 0.4) is 0 Å². The van der Waals surface area contributed by atoms with E-state index in [-0.39, 0.29) is 6.61 Å². The van der Waals surface area contributed by atoms with E-state index in [0.717, 1.165) is 10.9 Å². The van der Waals surface area contributed by atoms with Crippen molar-refractivity contribution in [3.63, 3.8) is 0 Å². The van der Waals surface area contributed by atoms with Crippen molar-refractivity contribution in [3.05, 3.63) is 26.6 Å². The van der Waals surface area contributed by atoms with Gasteiger partial charge >= 0.3 is 17.6 Å². The fourth-order valence-corrected chi connectivity index (χ4v) is 1.14. The molecule has 0 radical (unpaired) electrons. The molecule has 0 bridgehead atoms. The summed E-state index contributed by atoms with van der Waals surface area (Å²) in [6, 6.07) is 0. The largest absolute Gasteiger partial charge is 0.463 e. The van der Waals surface area contributed by atoms with E-state index in [4.69, 9.17) is 0 Å². The van der Waals surface area contributed by atoms with Crippen molar-refractivity contribution in [1.82, 2.24) is 9.55 Å². The lowest BCUT2D eigenvalue weighted by atomic mass is 10.6. The zero-order chi connectivity index (χ0) is 13.0. The zero-order valence-electron chi connectivity index (χ0n) is 8.73. The SMILES string of the molecule is CCOC(=O)Cn1cnc([N+](=O)[O-])c1[N+](=O)[O-]. The lowest BCUT2D eigenvalue weighted by molar-refractivity contribution is -0.428. The van der Waals surface area contributed by atoms with Gasteiger partial charge in [0.2, 0.25) is 0 Å². The van der Waals surface area contributed by atoms with Crippen LogP contribution in [0.5, 0.6) is 0 Å². The van der Waals surface area contributed by atoms with Crippen molar-refractivity contribution >= 4 is 17.6 Å². The van der Waals surface area contributed by atoms with Gasteiger partial charge in [0.15, 0.2) is 6.54 Å². The van der Waals surface area contributed by atoms with Crippen LogP contribution >= 0.6 is 0 Å². The molecule has 1 heterocycles. The molecule has 10 heteroatoms. The number of imidazole rings is 1. The Morgan fingerprint density at radius 2 is 2.12 bits per heavy atom. The van der Waals surface area contributed by atoms with Gasteiger partial charge in [-0.2, -0.15) is 4.57 Å². The lowest BCUT2D eigenvalue weighted by Crippen LogP contribution is -2.14. The lowest BCUT2D eigenvalue weighted by Gasteiger charge is -1.99. The van der Waals surface area contributed by atoms with Crippen LogP contribution in [0.25, 0.3) is 0 Å². The van der Waals surface area contributed by atoms with E-state index in [2.05, 4.69) is 9.72 Å². The van der Waals surface area contributed by atoms with Crippen molar-refractivity contribution in [2.75, 3.05) is 6.61 Å². The number of ether oxygens (including phenoxy) is 1. The van der Waals surface area contributed by atoms with Crippen LogP contribution in [0.4, 0.5) is 11.6 Å². The minimum Gasteiger partial charge on any atom is -0.463 e. The van der Waals surface area contributed by atoms with Gasteiger partial charge in [-0.15, -0.1) is 0 Å². The van der Waals surface area contributed by atoms with Crippen molar-refractivity contribution in [2.24, 2.45) is 0 Å². The van der Waals surface area contributed by atoms with Crippen molar-refractivity contribution in [3.8, 4) is 0 Å². The molecule has 0 aliphatic carbocycles. The fourth-order valence-electron chi connectivity index (χ4n) is 1.14. The maximum atomic E-state index is 11.1. The molecule has 0 amide bonds. The first-order valence-electron chi connectivity index (χ1n) is 4.46. The Bertz CT molecular complexity index is 467. The summed E-state index contributed by atoms with van der Waals surface area (Å²) in [5.41, 5.74) is 0. The normalized spacial score (nSPS) is 9.94. The number of aromatic nitrogens is 2. The number of carbonyl (C=O) groups excluding carboxylic acids is 1. The van der Waals surface area contributed by atoms with Crippen LogP contribution < -0.4 is 0 Å². The van der Waals surface area contributed by atoms with Gasteiger partial charge < -0.3 is 25.0 Å². The topological polar surface area (TPSA) is 130 Å². The third-order valence-corrected chi connectivity index (χ3v) is 1.74. The molecule has 0 aromatic carbocycles. The number of rotatable bonds is 5. The third kappa shape index (κ3) is 2.74. The molecule has 1 aromatic rings. The highest BCUT2D eigenvalue weighted by atomic mass is 16.6. The van der Waals surface area contributed by atoms with Gasteiger partial charge in [-0.25, -0.2) is 4.79 Å². The van der Waals surface area contributed by atoms with Crippen molar-refractivity contribution < 1.29 is 19.4 Å². The molecule has 1 rings (SSSR count). The number of hydrogen-bond acceptors (Lipinski definition) is 7. The van der Waals surface area contributed by atoms with Crippen molar-refractivity contribution in [1.29, 1.82) is 0 Å². The average Bonchev–Trinajstić information content (AvgIpc) is 2.61. The monoisotopic (exact) mass is 244 g/mol. The predicted octanol–water partition coefficient (Wildman–Crippen LogP) is 0.263. The van der Waals surface area contributed by atoms with E-state index < -0.39 is 34.0 Å². The van der Waals surface area contributed by atoms with Crippen LogP contribution in [0, 0.1) is 20.2 Å². The molecule has 0 fully saturated rings. The second-order valence-corrected chi connectivity index (χ2v) is 2.84. The minimum atomic E-state index is -0.986. The summed E-state index contributed by atoms with van der Waals surface area (Å²) in [6.45, 7) is 1.19. The molecule has 0 aliphatic heterocycles. The third-order valence-electron chi connectivity index (χ3n) is 1.74. The highest BCUT2D eigenvalue weighted by Gasteiger charge is 2.33. The van der Waals surface area contributed by atoms with Gasteiger partial charge in [-0.3, -0.25) is 0 Å². The number of esters is 1. The Labute approximate surface area is 94.1 Å². The minimum absolute atomic E-state index is 0.115. The smallest absolute Gasteiger partial charge is 0.462 e. The van der Waals surface area contributed by atoms with Crippen LogP contribution in [0.1, 0.15) is 6.92 Å². The van der Waals surface area contributed by atoms with E-state index in [1.54, 1.807) is 6.92 Å². The van der Waals surface area contributed by atoms with Gasteiger partial charge in [-0.05, 0) is 16.8 Å². The highest BCUT2D eigenvalue weighted by Crippen LogP contribution is 2.24. The highest BCUT2D eigenvalue weighted by molar-refractivity contribution is 5.69. The Morgan fingerprint density at radius 1 is 1.47 bits per heavy atom. The molecule has 0 saturated carbocycles. The number of carbonyl (C=O) groups is 1. The Morgan fingerprint density at radius 3 is 2.59 bits per heavy atom. The average molecular weight is 244 g/mol. The first kappa shape index (κ1) is 12.5. The van der Waals surface area contributed by atoms with E-state index in [0.29, 0.717) is 0 Å². The molecule has 0 atom stereocenters. The van der Waals surface area contributed by atoms with Gasteiger partial charge in [0, 0.05) is 4.98 Å². The summed E-state index contributed by atoms with van der Waals surface area (Å²) in [7, 11) is 0. The van der Waals surface area contributed by atoms with E-state index in [1.807, 2.05) is 0 Å². The predicted molar refractivity (Wildman–Crippen MR) is 52.2 cm³/mol. The van der Waals surface area contributed by atoms with Crippen molar-refractivity contribution in [2.45, 2.75) is 13.5 Å². The summed E-state index contributed by atoms with van der Waals surface area (Å²) in [4.78, 5) is 33.5. The van der Waals surface area contributed by atoms with Crippen LogP contribution in [-0.4, -0.2) is 32.0 Å². The molecule has 0 aliphatic rings. The molecule has 10 nitrogen and oxygen atoms in total. The van der Waals surface area contributed by atoms with E-state index in [1.165, 1.54) is 0 Å².